The maximum atomic E-state index is 12.6. The molecule has 10 heteroatoms. The molecule has 0 aromatic carbocycles. The number of carbonyl (C=O) groups excluding carboxylic acids is 1. The van der Waals surface area contributed by atoms with Crippen LogP contribution in [0.25, 0.3) is 0 Å². The van der Waals surface area contributed by atoms with Gasteiger partial charge in [-0.15, -0.1) is 11.3 Å². The molecule has 2 aromatic rings. The summed E-state index contributed by atoms with van der Waals surface area (Å²) in [7, 11) is 0. The van der Waals surface area contributed by atoms with E-state index >= 15 is 0 Å². The molecule has 0 saturated carbocycles. The number of carbonyl (C=O) groups is 2. The maximum Gasteiger partial charge on any atom is 0.434 e. The van der Waals surface area contributed by atoms with Crippen molar-refractivity contribution < 1.29 is 32.3 Å². The molecule has 2 rings (SSSR count). The van der Waals surface area contributed by atoms with Crippen LogP contribution >= 0.6 is 11.3 Å². The fraction of sp³-hybridized carbons (Fsp3) is 0.308. The molecule has 2 heterocycles. The summed E-state index contributed by atoms with van der Waals surface area (Å²) in [5.74, 6) is -2.23. The number of aromatic nitrogens is 1. The third kappa shape index (κ3) is 3.89. The van der Waals surface area contributed by atoms with Gasteiger partial charge in [-0.1, -0.05) is 6.92 Å². The van der Waals surface area contributed by atoms with Crippen LogP contribution in [0.1, 0.15) is 51.0 Å². The van der Waals surface area contributed by atoms with Gasteiger partial charge in [-0.25, -0.2) is 9.78 Å². The van der Waals surface area contributed by atoms with Crippen LogP contribution in [-0.2, 0) is 6.18 Å². The number of furan rings is 1. The van der Waals surface area contributed by atoms with E-state index in [1.54, 1.807) is 6.92 Å². The first-order chi connectivity index (χ1) is 10.7. The van der Waals surface area contributed by atoms with E-state index in [-0.39, 0.29) is 16.3 Å². The third-order valence-corrected chi connectivity index (χ3v) is 3.85. The van der Waals surface area contributed by atoms with Crippen molar-refractivity contribution in [3.63, 3.8) is 0 Å². The van der Waals surface area contributed by atoms with E-state index in [9.17, 15) is 22.8 Å². The molecule has 0 radical (unpaired) electrons. The van der Waals surface area contributed by atoms with Crippen LogP contribution in [0.15, 0.2) is 22.1 Å². The Morgan fingerprint density at radius 3 is 2.65 bits per heavy atom. The molecule has 6 nitrogen and oxygen atoms in total. The summed E-state index contributed by atoms with van der Waals surface area (Å²) >= 11 is 0.786. The minimum atomic E-state index is -4.55. The summed E-state index contributed by atoms with van der Waals surface area (Å²) in [5.41, 5.74) is -1.21. The van der Waals surface area contributed by atoms with Gasteiger partial charge in [0, 0.05) is 11.4 Å². The Hall–Kier alpha value is -2.36. The number of thiazole rings is 1. The molecule has 0 aliphatic heterocycles. The molecule has 0 bridgehead atoms. The van der Waals surface area contributed by atoms with Crippen molar-refractivity contribution in [1.82, 2.24) is 10.3 Å². The first-order valence-corrected chi connectivity index (χ1v) is 7.25. The zero-order chi connectivity index (χ0) is 17.2. The quantitative estimate of drug-likeness (QED) is 0.865. The number of hydrogen-bond acceptors (Lipinski definition) is 5. The van der Waals surface area contributed by atoms with Crippen LogP contribution in [0, 0.1) is 0 Å². The summed E-state index contributed by atoms with van der Waals surface area (Å²) in [6.45, 7) is 1.67. The van der Waals surface area contributed by atoms with Gasteiger partial charge in [0.25, 0.3) is 5.91 Å². The second-order valence-electron chi connectivity index (χ2n) is 4.51. The molecule has 23 heavy (non-hydrogen) atoms. The number of hydrogen-bond donors (Lipinski definition) is 2. The number of alkyl halides is 3. The number of nitrogens with zero attached hydrogens (tertiary/aromatic N) is 1. The monoisotopic (exact) mass is 348 g/mol. The molecule has 2 aromatic heterocycles. The van der Waals surface area contributed by atoms with Crippen LogP contribution in [0.4, 0.5) is 13.2 Å². The van der Waals surface area contributed by atoms with E-state index < -0.39 is 29.8 Å². The highest BCUT2D eigenvalue weighted by molar-refractivity contribution is 7.09. The van der Waals surface area contributed by atoms with Gasteiger partial charge in [0.1, 0.15) is 11.3 Å². The SMILES string of the molecule is CC[C@@H](NC(=O)c1cc(C(=O)O)co1)c1nc(C(F)(F)F)cs1. The topological polar surface area (TPSA) is 92.4 Å². The average molecular weight is 348 g/mol. The Morgan fingerprint density at radius 1 is 1.48 bits per heavy atom. The Kier molecular flexibility index (Phi) is 4.73. The number of halogens is 3. The number of carboxylic acid groups (broad SMARTS) is 1. The van der Waals surface area contributed by atoms with Gasteiger partial charge in [0.05, 0.1) is 11.6 Å². The lowest BCUT2D eigenvalue weighted by molar-refractivity contribution is -0.140. The largest absolute Gasteiger partial charge is 0.478 e. The van der Waals surface area contributed by atoms with Gasteiger partial charge in [-0.2, -0.15) is 13.2 Å². The van der Waals surface area contributed by atoms with Crippen LogP contribution in [0.3, 0.4) is 0 Å². The van der Waals surface area contributed by atoms with Crippen molar-refractivity contribution in [3.05, 3.63) is 39.7 Å². The first kappa shape index (κ1) is 17.0. The predicted octanol–water partition coefficient (Wildman–Crippen LogP) is 3.33. The summed E-state index contributed by atoms with van der Waals surface area (Å²) in [6.07, 6.45) is -3.33. The third-order valence-electron chi connectivity index (χ3n) is 2.89. The molecule has 0 saturated heterocycles. The van der Waals surface area contributed by atoms with Gasteiger partial charge in [0.2, 0.25) is 0 Å². The van der Waals surface area contributed by atoms with Crippen molar-refractivity contribution in [2.45, 2.75) is 25.6 Å². The number of amides is 1. The molecular weight excluding hydrogens is 337 g/mol. The van der Waals surface area contributed by atoms with Gasteiger partial charge in [-0.3, -0.25) is 4.79 Å². The molecule has 124 valence electrons. The Bertz CT molecular complexity index is 723. The van der Waals surface area contributed by atoms with Crippen LogP contribution < -0.4 is 5.32 Å². The molecule has 0 aliphatic rings. The van der Waals surface area contributed by atoms with Gasteiger partial charge >= 0.3 is 12.1 Å². The molecule has 0 spiro atoms. The van der Waals surface area contributed by atoms with Crippen LogP contribution in [-0.4, -0.2) is 22.0 Å². The number of rotatable bonds is 5. The van der Waals surface area contributed by atoms with E-state index in [1.165, 1.54) is 0 Å². The average Bonchev–Trinajstić information content (AvgIpc) is 3.12. The molecule has 1 amide bonds. The predicted molar refractivity (Wildman–Crippen MR) is 73.3 cm³/mol. The zero-order valence-electron chi connectivity index (χ0n) is 11.7. The van der Waals surface area contributed by atoms with Crippen molar-refractivity contribution in [1.29, 1.82) is 0 Å². The van der Waals surface area contributed by atoms with Crippen molar-refractivity contribution >= 4 is 23.2 Å². The second kappa shape index (κ2) is 6.41. The Labute approximate surface area is 131 Å². The molecule has 1 atom stereocenters. The Balaban J connectivity index is 2.13. The van der Waals surface area contributed by atoms with Crippen LogP contribution in [0.5, 0.6) is 0 Å². The molecule has 0 unspecified atom stereocenters. The molecule has 0 aliphatic carbocycles. The van der Waals surface area contributed by atoms with E-state index in [2.05, 4.69) is 10.3 Å². The number of nitrogens with one attached hydrogen (secondary N) is 1. The maximum absolute atomic E-state index is 12.6. The minimum absolute atomic E-state index is 0.109. The van der Waals surface area contributed by atoms with Crippen LogP contribution in [0.2, 0.25) is 0 Å². The van der Waals surface area contributed by atoms with Gasteiger partial charge < -0.3 is 14.8 Å². The highest BCUT2D eigenvalue weighted by Crippen LogP contribution is 2.32. The molecule has 0 fully saturated rings. The van der Waals surface area contributed by atoms with E-state index in [0.29, 0.717) is 6.42 Å². The normalized spacial score (nSPS) is 12.9. The van der Waals surface area contributed by atoms with E-state index in [4.69, 9.17) is 9.52 Å². The lowest BCUT2D eigenvalue weighted by atomic mass is 10.2. The van der Waals surface area contributed by atoms with E-state index in [1.807, 2.05) is 0 Å². The summed E-state index contributed by atoms with van der Waals surface area (Å²) in [5, 5.41) is 12.2. The lowest BCUT2D eigenvalue weighted by Crippen LogP contribution is -2.28. The first-order valence-electron chi connectivity index (χ1n) is 6.37. The van der Waals surface area contributed by atoms with Crippen molar-refractivity contribution in [2.24, 2.45) is 0 Å². The van der Waals surface area contributed by atoms with Crippen molar-refractivity contribution in [2.75, 3.05) is 0 Å². The smallest absolute Gasteiger partial charge is 0.434 e. The van der Waals surface area contributed by atoms with Gasteiger partial charge in [-0.05, 0) is 6.42 Å². The zero-order valence-corrected chi connectivity index (χ0v) is 12.5. The highest BCUT2D eigenvalue weighted by atomic mass is 32.1. The standard InChI is InChI=1S/C13H11F3N2O4S/c1-2-7(11-18-9(5-23-11)13(14,15)16)17-10(19)8-3-6(4-22-8)12(20)21/h3-5,7H,2H2,1H3,(H,17,19)(H,20,21)/t7-/m1/s1. The molecular formula is C13H11F3N2O4S. The van der Waals surface area contributed by atoms with E-state index in [0.717, 1.165) is 29.0 Å². The Morgan fingerprint density at radius 2 is 2.17 bits per heavy atom. The number of carboxylic acids is 1. The van der Waals surface area contributed by atoms with Crippen molar-refractivity contribution in [3.8, 4) is 0 Å². The fourth-order valence-corrected chi connectivity index (χ4v) is 2.67. The van der Waals surface area contributed by atoms with Gasteiger partial charge in [0.15, 0.2) is 11.5 Å². The minimum Gasteiger partial charge on any atom is -0.478 e. The highest BCUT2D eigenvalue weighted by Gasteiger charge is 2.34. The number of aromatic carboxylic acids is 1. The summed E-state index contributed by atoms with van der Waals surface area (Å²) in [6, 6.07) is 0.301. The summed E-state index contributed by atoms with van der Waals surface area (Å²) < 4.78 is 42.5. The second-order valence-corrected chi connectivity index (χ2v) is 5.40. The lowest BCUT2D eigenvalue weighted by Gasteiger charge is -2.13. The molecule has 2 N–H and O–H groups in total. The fourth-order valence-electron chi connectivity index (χ4n) is 1.71. The summed E-state index contributed by atoms with van der Waals surface area (Å²) in [4.78, 5) is 26.2.